The predicted molar refractivity (Wildman–Crippen MR) is 20.9 cm³/mol. The number of hydrogen-bond donors (Lipinski definition) is 0. The Bertz CT molecular complexity index is 13.5. The Kier molecular flexibility index (Phi) is 143. The summed E-state index contributed by atoms with van der Waals surface area (Å²) >= 11 is 0. The Morgan fingerprint density at radius 3 is 1.25 bits per heavy atom. The molecule has 0 rings (SSSR count). The summed E-state index contributed by atoms with van der Waals surface area (Å²) in [5.74, 6) is 0. The first-order valence-electron chi connectivity index (χ1n) is 0. The SMILES string of the molecule is F.S.[Ca+2].[Cd].[H-].[H-]. The molecule has 0 aromatic heterocycles. The molecule has 0 aliphatic heterocycles. The zero-order chi connectivity index (χ0) is 0. The van der Waals surface area contributed by atoms with E-state index in [9.17, 15) is 0 Å². The molecule has 0 aliphatic rings. The molecule has 0 aliphatic carbocycles. The third-order valence-electron chi connectivity index (χ3n) is 0. The van der Waals surface area contributed by atoms with Gasteiger partial charge in [-0.15, -0.1) is 0 Å². The third-order valence-corrected chi connectivity index (χ3v) is 0. The summed E-state index contributed by atoms with van der Waals surface area (Å²) in [5, 5.41) is 0. The maximum absolute atomic E-state index is 0. The van der Waals surface area contributed by atoms with Gasteiger partial charge in [-0.1, -0.05) is 0 Å². The fourth-order valence-corrected chi connectivity index (χ4v) is 0. The molecule has 0 spiro atoms. The third kappa shape index (κ3) is 8.82. The van der Waals surface area contributed by atoms with Gasteiger partial charge in [-0.3, -0.25) is 4.70 Å². The van der Waals surface area contributed by atoms with Gasteiger partial charge in [0.1, 0.15) is 0 Å². The van der Waals surface area contributed by atoms with Gasteiger partial charge in [0.15, 0.2) is 0 Å². The number of rotatable bonds is 0. The summed E-state index contributed by atoms with van der Waals surface area (Å²) in [5.41, 5.74) is 0. The number of halogens is 1. The molecule has 0 N–H and O–H groups in total. The Balaban J connectivity index is 0. The van der Waals surface area contributed by atoms with Crippen LogP contribution in [0.5, 0.6) is 0 Å². The van der Waals surface area contributed by atoms with Gasteiger partial charge in [0, 0.05) is 27.3 Å². The molecule has 0 nitrogen and oxygen atoms in total. The van der Waals surface area contributed by atoms with Crippen molar-refractivity contribution >= 4 is 51.2 Å². The monoisotopic (exact) mass is 210 g/mol. The Morgan fingerprint density at radius 1 is 1.25 bits per heavy atom. The largest absolute Gasteiger partial charge is 2.00 e. The quantitative estimate of drug-likeness (QED) is 0.496. The maximum Gasteiger partial charge on any atom is 2.00 e. The summed E-state index contributed by atoms with van der Waals surface area (Å²) in [4.78, 5) is 0. The van der Waals surface area contributed by atoms with Gasteiger partial charge in [0.2, 0.25) is 0 Å². The molecular weight excluding hydrogens is 204 g/mol. The summed E-state index contributed by atoms with van der Waals surface area (Å²) < 4.78 is 0. The van der Waals surface area contributed by atoms with E-state index in [1.807, 2.05) is 0 Å². The van der Waals surface area contributed by atoms with Crippen molar-refractivity contribution in [1.29, 1.82) is 0 Å². The molecule has 4 heavy (non-hydrogen) atoms. The minimum Gasteiger partial charge on any atom is -1.00 e. The van der Waals surface area contributed by atoms with E-state index in [-0.39, 0.29) is 86.1 Å². The van der Waals surface area contributed by atoms with Crippen LogP contribution < -0.4 is 0 Å². The second-order valence-electron chi connectivity index (χ2n) is 0. The zero-order valence-corrected chi connectivity index (χ0v) is 9.57. The van der Waals surface area contributed by atoms with E-state index in [1.165, 1.54) is 0 Å². The molecular formula is H5CaCdFS. The minimum absolute atomic E-state index is 0. The van der Waals surface area contributed by atoms with E-state index in [0.29, 0.717) is 0 Å². The summed E-state index contributed by atoms with van der Waals surface area (Å²) in [6.07, 6.45) is 0. The van der Waals surface area contributed by atoms with Crippen LogP contribution in [0.2, 0.25) is 0 Å². The van der Waals surface area contributed by atoms with E-state index in [1.54, 1.807) is 0 Å². The molecule has 0 radical (unpaired) electrons. The second-order valence-corrected chi connectivity index (χ2v) is 0. The van der Waals surface area contributed by atoms with Crippen LogP contribution >= 0.6 is 13.5 Å². The molecule has 0 fully saturated rings. The molecule has 0 bridgehead atoms. The Labute approximate surface area is 84.7 Å². The van der Waals surface area contributed by atoms with E-state index >= 15 is 0 Å². The van der Waals surface area contributed by atoms with Crippen molar-refractivity contribution in [2.24, 2.45) is 0 Å². The second kappa shape index (κ2) is 17.9. The van der Waals surface area contributed by atoms with Crippen LogP contribution in [-0.4, -0.2) is 37.7 Å². The summed E-state index contributed by atoms with van der Waals surface area (Å²) in [6.45, 7) is 0. The Hall–Kier alpha value is 2.46. The summed E-state index contributed by atoms with van der Waals surface area (Å²) in [6, 6.07) is 0. The van der Waals surface area contributed by atoms with Crippen molar-refractivity contribution in [1.82, 2.24) is 0 Å². The van der Waals surface area contributed by atoms with Crippen LogP contribution in [-0.2, 0) is 27.3 Å². The fraction of sp³-hybridized carbons (Fsp3) is 0. The topological polar surface area (TPSA) is 0 Å². The smallest absolute Gasteiger partial charge is 1.00 e. The van der Waals surface area contributed by atoms with Gasteiger partial charge in [0.05, 0.1) is 0 Å². The molecule has 0 unspecified atom stereocenters. The van der Waals surface area contributed by atoms with Crippen LogP contribution in [0.4, 0.5) is 4.70 Å². The minimum atomic E-state index is 0. The van der Waals surface area contributed by atoms with Crippen molar-refractivity contribution < 1.29 is 34.9 Å². The molecule has 22 valence electrons. The number of hydrogen-bond acceptors (Lipinski definition) is 0. The predicted octanol–water partition coefficient (Wildman–Crippen LogP) is 0.107. The van der Waals surface area contributed by atoms with Crippen LogP contribution in [0.25, 0.3) is 0 Å². The first kappa shape index (κ1) is 31.8. The maximum atomic E-state index is 0. The fourth-order valence-electron chi connectivity index (χ4n) is 0. The molecule has 0 aromatic carbocycles. The average molecular weight is 209 g/mol. The summed E-state index contributed by atoms with van der Waals surface area (Å²) in [7, 11) is 0. The normalized spacial score (nSPS) is 0. The molecule has 0 saturated heterocycles. The van der Waals surface area contributed by atoms with Crippen LogP contribution in [0.3, 0.4) is 0 Å². The van der Waals surface area contributed by atoms with E-state index in [0.717, 1.165) is 0 Å². The van der Waals surface area contributed by atoms with E-state index < -0.39 is 0 Å². The molecule has 0 aromatic rings. The van der Waals surface area contributed by atoms with Gasteiger partial charge < -0.3 is 2.85 Å². The van der Waals surface area contributed by atoms with Gasteiger partial charge in [-0.05, 0) is 0 Å². The van der Waals surface area contributed by atoms with Crippen LogP contribution in [0, 0.1) is 0 Å². The molecule has 4 heteroatoms. The molecule has 0 amide bonds. The molecule has 0 saturated carbocycles. The Morgan fingerprint density at radius 2 is 1.25 bits per heavy atom. The van der Waals surface area contributed by atoms with E-state index in [4.69, 9.17) is 0 Å². The zero-order valence-electron chi connectivity index (χ0n) is 4.32. The first-order valence-corrected chi connectivity index (χ1v) is 0. The molecule has 0 heterocycles. The first-order chi connectivity index (χ1) is 0. The van der Waals surface area contributed by atoms with E-state index in [2.05, 4.69) is 0 Å². The van der Waals surface area contributed by atoms with Crippen molar-refractivity contribution in [3.05, 3.63) is 0 Å². The van der Waals surface area contributed by atoms with Crippen molar-refractivity contribution in [3.8, 4) is 0 Å². The average Bonchev–Trinajstić information content (AvgIpc) is 0. The van der Waals surface area contributed by atoms with Gasteiger partial charge in [0.25, 0.3) is 0 Å². The van der Waals surface area contributed by atoms with Gasteiger partial charge >= 0.3 is 37.7 Å². The van der Waals surface area contributed by atoms with Crippen molar-refractivity contribution in [2.45, 2.75) is 0 Å². The standard InChI is InChI=1S/Ca.Cd.FH.H2S.2H/h;;1H;1H2;;/q+2;;;;2*-1. The van der Waals surface area contributed by atoms with Gasteiger partial charge in [-0.25, -0.2) is 0 Å². The van der Waals surface area contributed by atoms with Crippen LogP contribution in [0.1, 0.15) is 2.85 Å². The van der Waals surface area contributed by atoms with Crippen molar-refractivity contribution in [3.63, 3.8) is 0 Å². The molecule has 0 atom stereocenters. The van der Waals surface area contributed by atoms with Crippen molar-refractivity contribution in [2.75, 3.05) is 0 Å². The van der Waals surface area contributed by atoms with Crippen LogP contribution in [0.15, 0.2) is 0 Å². The van der Waals surface area contributed by atoms with Gasteiger partial charge in [-0.2, -0.15) is 13.5 Å².